The molecule has 5 heteroatoms. The number of hydrogen-bond acceptors (Lipinski definition) is 2. The second-order valence-electron chi connectivity index (χ2n) is 6.87. The van der Waals surface area contributed by atoms with E-state index in [4.69, 9.17) is 0 Å². The fourth-order valence-corrected chi connectivity index (χ4v) is 3.96. The number of rotatable bonds is 3. The summed E-state index contributed by atoms with van der Waals surface area (Å²) in [6.07, 6.45) is 1.87. The molecule has 0 heterocycles. The molecule has 126 valence electrons. The molecule has 0 radical (unpaired) electrons. The zero-order chi connectivity index (χ0) is 17.7. The van der Waals surface area contributed by atoms with E-state index in [2.05, 4.69) is 13.8 Å². The first kappa shape index (κ1) is 16.8. The molecule has 2 aromatic rings. The third-order valence-electron chi connectivity index (χ3n) is 4.38. The van der Waals surface area contributed by atoms with Crippen molar-refractivity contribution in [2.75, 3.05) is 6.26 Å². The predicted octanol–water partition coefficient (Wildman–Crippen LogP) is 4.71. The van der Waals surface area contributed by atoms with Gasteiger partial charge >= 0.3 is 0 Å². The Kier molecular flexibility index (Phi) is 3.87. The molecule has 0 bridgehead atoms. The molecule has 0 spiro atoms. The maximum absolute atomic E-state index is 13.5. The van der Waals surface area contributed by atoms with E-state index >= 15 is 0 Å². The van der Waals surface area contributed by atoms with Gasteiger partial charge in [0.15, 0.2) is 9.84 Å². The smallest absolute Gasteiger partial charge is 0.175 e. The SMILES string of the molecule is CC1(C)CC(c2cc(F)cc(F)c2)=C1c1ccc(S(C)(=O)=O)cc1. The molecule has 2 nitrogen and oxygen atoms in total. The van der Waals surface area contributed by atoms with Gasteiger partial charge in [-0.2, -0.15) is 0 Å². The van der Waals surface area contributed by atoms with Gasteiger partial charge in [-0.3, -0.25) is 0 Å². The summed E-state index contributed by atoms with van der Waals surface area (Å²) >= 11 is 0. The summed E-state index contributed by atoms with van der Waals surface area (Å²) < 4.78 is 50.2. The Bertz CT molecular complexity index is 920. The Hall–Kier alpha value is -2.01. The molecule has 0 fully saturated rings. The second-order valence-corrected chi connectivity index (χ2v) is 8.88. The third-order valence-corrected chi connectivity index (χ3v) is 5.51. The standard InChI is InChI=1S/C19H18F2O2S/c1-19(2)11-17(13-8-14(20)10-15(21)9-13)18(19)12-4-6-16(7-5-12)24(3,22)23/h4-10H,11H2,1-3H3. The Morgan fingerprint density at radius 2 is 1.46 bits per heavy atom. The van der Waals surface area contributed by atoms with Crippen LogP contribution in [0.1, 0.15) is 31.4 Å². The molecule has 0 saturated carbocycles. The van der Waals surface area contributed by atoms with Crippen molar-refractivity contribution in [2.45, 2.75) is 25.2 Å². The van der Waals surface area contributed by atoms with E-state index in [-0.39, 0.29) is 10.3 Å². The highest BCUT2D eigenvalue weighted by molar-refractivity contribution is 7.90. The molecule has 24 heavy (non-hydrogen) atoms. The van der Waals surface area contributed by atoms with E-state index in [1.54, 1.807) is 24.3 Å². The molecule has 0 saturated heterocycles. The first-order chi connectivity index (χ1) is 11.1. The van der Waals surface area contributed by atoms with Crippen molar-refractivity contribution in [3.8, 4) is 0 Å². The predicted molar refractivity (Wildman–Crippen MR) is 91.1 cm³/mol. The lowest BCUT2D eigenvalue weighted by Gasteiger charge is -2.41. The average Bonchev–Trinajstić information content (AvgIpc) is 2.43. The average molecular weight is 348 g/mol. The summed E-state index contributed by atoms with van der Waals surface area (Å²) in [5, 5.41) is 0. The maximum atomic E-state index is 13.5. The topological polar surface area (TPSA) is 34.1 Å². The molecule has 0 unspecified atom stereocenters. The normalized spacial score (nSPS) is 16.9. The first-order valence-electron chi connectivity index (χ1n) is 7.58. The quantitative estimate of drug-likeness (QED) is 0.805. The summed E-state index contributed by atoms with van der Waals surface area (Å²) in [4.78, 5) is 0.252. The Morgan fingerprint density at radius 1 is 0.917 bits per heavy atom. The molecule has 1 aliphatic carbocycles. The molecule has 0 aromatic heterocycles. The van der Waals surface area contributed by atoms with Gasteiger partial charge in [-0.25, -0.2) is 17.2 Å². The monoisotopic (exact) mass is 348 g/mol. The highest BCUT2D eigenvalue weighted by Crippen LogP contribution is 2.55. The molecular weight excluding hydrogens is 330 g/mol. The lowest BCUT2D eigenvalue weighted by Crippen LogP contribution is -2.25. The van der Waals surface area contributed by atoms with Crippen molar-refractivity contribution in [3.63, 3.8) is 0 Å². The van der Waals surface area contributed by atoms with Gasteiger partial charge in [0.05, 0.1) is 4.90 Å². The summed E-state index contributed by atoms with van der Waals surface area (Å²) in [6.45, 7) is 4.12. The van der Waals surface area contributed by atoms with E-state index in [1.165, 1.54) is 12.1 Å². The lowest BCUT2D eigenvalue weighted by atomic mass is 9.62. The first-order valence-corrected chi connectivity index (χ1v) is 9.48. The summed E-state index contributed by atoms with van der Waals surface area (Å²) in [5.41, 5.74) is 3.16. The van der Waals surface area contributed by atoms with Crippen molar-refractivity contribution in [1.29, 1.82) is 0 Å². The van der Waals surface area contributed by atoms with E-state index in [0.29, 0.717) is 12.0 Å². The minimum atomic E-state index is -3.25. The lowest BCUT2D eigenvalue weighted by molar-refractivity contribution is 0.481. The molecule has 2 aromatic carbocycles. The Labute approximate surface area is 140 Å². The van der Waals surface area contributed by atoms with Gasteiger partial charge in [0.25, 0.3) is 0 Å². The fraction of sp³-hybridized carbons (Fsp3) is 0.263. The van der Waals surface area contributed by atoms with Crippen LogP contribution in [0, 0.1) is 17.0 Å². The molecular formula is C19H18F2O2S. The maximum Gasteiger partial charge on any atom is 0.175 e. The zero-order valence-electron chi connectivity index (χ0n) is 13.7. The molecule has 0 N–H and O–H groups in total. The van der Waals surface area contributed by atoms with Gasteiger partial charge in [0.1, 0.15) is 11.6 Å². The van der Waals surface area contributed by atoms with Gasteiger partial charge in [-0.1, -0.05) is 26.0 Å². The van der Waals surface area contributed by atoms with Crippen molar-refractivity contribution < 1.29 is 17.2 Å². The van der Waals surface area contributed by atoms with Crippen LogP contribution >= 0.6 is 0 Å². The third kappa shape index (κ3) is 3.00. The van der Waals surface area contributed by atoms with Crippen LogP contribution in [-0.4, -0.2) is 14.7 Å². The van der Waals surface area contributed by atoms with Crippen LogP contribution < -0.4 is 0 Å². The number of hydrogen-bond donors (Lipinski definition) is 0. The molecule has 3 rings (SSSR count). The number of allylic oxidation sites excluding steroid dienone is 2. The van der Waals surface area contributed by atoms with Gasteiger partial charge in [-0.15, -0.1) is 0 Å². The van der Waals surface area contributed by atoms with E-state index < -0.39 is 21.5 Å². The van der Waals surface area contributed by atoms with Crippen LogP contribution in [-0.2, 0) is 9.84 Å². The highest BCUT2D eigenvalue weighted by atomic mass is 32.2. The minimum absolute atomic E-state index is 0.134. The van der Waals surface area contributed by atoms with E-state index in [0.717, 1.165) is 29.0 Å². The van der Waals surface area contributed by atoms with Gasteiger partial charge in [0.2, 0.25) is 0 Å². The molecule has 0 aliphatic heterocycles. The van der Waals surface area contributed by atoms with Crippen molar-refractivity contribution in [1.82, 2.24) is 0 Å². The zero-order valence-corrected chi connectivity index (χ0v) is 14.5. The summed E-state index contributed by atoms with van der Waals surface area (Å²) in [7, 11) is -3.25. The van der Waals surface area contributed by atoms with Crippen molar-refractivity contribution >= 4 is 21.0 Å². The minimum Gasteiger partial charge on any atom is -0.224 e. The van der Waals surface area contributed by atoms with E-state index in [1.807, 2.05) is 0 Å². The van der Waals surface area contributed by atoms with Crippen LogP contribution in [0.3, 0.4) is 0 Å². The van der Waals surface area contributed by atoms with Crippen molar-refractivity contribution in [3.05, 3.63) is 65.2 Å². The van der Waals surface area contributed by atoms with E-state index in [9.17, 15) is 17.2 Å². The van der Waals surface area contributed by atoms with Crippen LogP contribution in [0.15, 0.2) is 47.4 Å². The van der Waals surface area contributed by atoms with Crippen LogP contribution in [0.25, 0.3) is 11.1 Å². The van der Waals surface area contributed by atoms with Crippen LogP contribution in [0.4, 0.5) is 8.78 Å². The van der Waals surface area contributed by atoms with Crippen LogP contribution in [0.5, 0.6) is 0 Å². The van der Waals surface area contributed by atoms with Gasteiger partial charge < -0.3 is 0 Å². The number of sulfone groups is 1. The Balaban J connectivity index is 2.12. The van der Waals surface area contributed by atoms with Crippen LogP contribution in [0.2, 0.25) is 0 Å². The van der Waals surface area contributed by atoms with Gasteiger partial charge in [0, 0.05) is 12.3 Å². The number of halogens is 2. The second kappa shape index (κ2) is 5.52. The van der Waals surface area contributed by atoms with Gasteiger partial charge in [-0.05, 0) is 58.4 Å². The van der Waals surface area contributed by atoms with Crippen molar-refractivity contribution in [2.24, 2.45) is 5.41 Å². The molecule has 0 amide bonds. The summed E-state index contributed by atoms with van der Waals surface area (Å²) in [6, 6.07) is 10.2. The fourth-order valence-electron chi connectivity index (χ4n) is 3.33. The Morgan fingerprint density at radius 3 is 1.92 bits per heavy atom. The largest absolute Gasteiger partial charge is 0.224 e. The molecule has 0 atom stereocenters. The summed E-state index contributed by atoms with van der Waals surface area (Å²) in [5.74, 6) is -1.21. The molecule has 1 aliphatic rings. The highest BCUT2D eigenvalue weighted by Gasteiger charge is 2.38. The number of benzene rings is 2.